The van der Waals surface area contributed by atoms with Crippen molar-refractivity contribution >= 4 is 11.6 Å². The van der Waals surface area contributed by atoms with Crippen LogP contribution in [0.5, 0.6) is 0 Å². The first kappa shape index (κ1) is 13.9. The average molecular weight is 268 g/mol. The first-order valence-electron chi connectivity index (χ1n) is 6.25. The van der Waals surface area contributed by atoms with Gasteiger partial charge >= 0.3 is 0 Å². The van der Waals surface area contributed by atoms with Crippen LogP contribution in [-0.2, 0) is 7.05 Å². The molecule has 4 heteroatoms. The molecule has 0 atom stereocenters. The number of amides is 1. The summed E-state index contributed by atoms with van der Waals surface area (Å²) in [5.74, 6) is 5.26. The summed E-state index contributed by atoms with van der Waals surface area (Å²) < 4.78 is 1.76. The van der Waals surface area contributed by atoms with Crippen molar-refractivity contribution in [3.8, 4) is 11.8 Å². The van der Waals surface area contributed by atoms with E-state index in [0.717, 1.165) is 16.8 Å². The second-order valence-electron chi connectivity index (χ2n) is 4.45. The minimum atomic E-state index is -0.182. The molecule has 0 aliphatic rings. The van der Waals surface area contributed by atoms with Gasteiger partial charge in [-0.3, -0.25) is 4.79 Å². The Morgan fingerprint density at radius 1 is 1.40 bits per heavy atom. The maximum absolute atomic E-state index is 12.2. The number of aliphatic hydroxyl groups excluding tert-OH is 1. The van der Waals surface area contributed by atoms with Gasteiger partial charge in [0.1, 0.15) is 12.3 Å². The van der Waals surface area contributed by atoms with Crippen molar-refractivity contribution in [1.82, 2.24) is 4.57 Å². The Hall–Kier alpha value is -2.51. The van der Waals surface area contributed by atoms with E-state index < -0.39 is 0 Å². The topological polar surface area (TPSA) is 54.3 Å². The van der Waals surface area contributed by atoms with Gasteiger partial charge in [0.05, 0.1) is 0 Å². The van der Waals surface area contributed by atoms with Gasteiger partial charge in [0.2, 0.25) is 0 Å². The number of benzene rings is 1. The number of anilines is 1. The van der Waals surface area contributed by atoms with Crippen LogP contribution < -0.4 is 5.32 Å². The van der Waals surface area contributed by atoms with Gasteiger partial charge in [0.15, 0.2) is 0 Å². The predicted molar refractivity (Wildman–Crippen MR) is 78.5 cm³/mol. The lowest BCUT2D eigenvalue weighted by molar-refractivity contribution is 0.101. The fourth-order valence-electron chi connectivity index (χ4n) is 1.86. The largest absolute Gasteiger partial charge is 0.384 e. The normalized spacial score (nSPS) is 9.75. The average Bonchev–Trinajstić information content (AvgIpc) is 2.86. The molecule has 0 aliphatic heterocycles. The third-order valence-electron chi connectivity index (χ3n) is 2.97. The van der Waals surface area contributed by atoms with Crippen LogP contribution in [0.3, 0.4) is 0 Å². The van der Waals surface area contributed by atoms with Crippen LogP contribution in [0.25, 0.3) is 0 Å². The molecule has 1 aromatic carbocycles. The molecule has 20 heavy (non-hydrogen) atoms. The minimum absolute atomic E-state index is 0.159. The molecular weight excluding hydrogens is 252 g/mol. The summed E-state index contributed by atoms with van der Waals surface area (Å²) in [7, 11) is 1.82. The van der Waals surface area contributed by atoms with Gasteiger partial charge in [-0.2, -0.15) is 0 Å². The number of carbonyl (C=O) groups excluding carboxylic acids is 1. The molecule has 0 aliphatic carbocycles. The van der Waals surface area contributed by atoms with E-state index in [0.29, 0.717) is 5.69 Å². The van der Waals surface area contributed by atoms with Crippen molar-refractivity contribution in [2.45, 2.75) is 6.92 Å². The highest BCUT2D eigenvalue weighted by molar-refractivity contribution is 6.03. The zero-order valence-electron chi connectivity index (χ0n) is 11.5. The molecule has 1 aromatic heterocycles. The fourth-order valence-corrected chi connectivity index (χ4v) is 1.86. The Morgan fingerprint density at radius 3 is 2.85 bits per heavy atom. The molecule has 0 unspecified atom stereocenters. The van der Waals surface area contributed by atoms with Crippen LogP contribution in [0.4, 0.5) is 5.69 Å². The number of nitrogens with one attached hydrogen (secondary N) is 1. The molecule has 0 saturated heterocycles. The van der Waals surface area contributed by atoms with Gasteiger partial charge in [-0.15, -0.1) is 0 Å². The number of hydrogen-bond donors (Lipinski definition) is 2. The molecule has 1 amide bonds. The van der Waals surface area contributed by atoms with E-state index in [1.54, 1.807) is 16.7 Å². The molecular formula is C16H16N2O2. The Bertz CT molecular complexity index is 690. The number of hydrogen-bond acceptors (Lipinski definition) is 2. The van der Waals surface area contributed by atoms with Crippen LogP contribution in [0, 0.1) is 18.8 Å². The molecule has 0 radical (unpaired) electrons. The Labute approximate surface area is 118 Å². The molecule has 0 fully saturated rings. The first-order chi connectivity index (χ1) is 9.61. The molecule has 0 bridgehead atoms. The number of carbonyl (C=O) groups is 1. The third kappa shape index (κ3) is 3.08. The number of aliphatic hydroxyl groups is 1. The SMILES string of the molecule is Cc1ccc(C#CCO)cc1NC(=O)c1cccn1C. The zero-order valence-corrected chi connectivity index (χ0v) is 11.5. The van der Waals surface area contributed by atoms with Gasteiger partial charge < -0.3 is 15.0 Å². The van der Waals surface area contributed by atoms with Gasteiger partial charge in [-0.25, -0.2) is 0 Å². The van der Waals surface area contributed by atoms with Crippen molar-refractivity contribution in [3.05, 3.63) is 53.3 Å². The van der Waals surface area contributed by atoms with Crippen molar-refractivity contribution in [3.63, 3.8) is 0 Å². The molecule has 0 spiro atoms. The molecule has 1 heterocycles. The third-order valence-corrected chi connectivity index (χ3v) is 2.97. The Morgan fingerprint density at radius 2 is 2.20 bits per heavy atom. The van der Waals surface area contributed by atoms with Crippen LogP contribution in [0.2, 0.25) is 0 Å². The Balaban J connectivity index is 2.25. The maximum atomic E-state index is 12.2. The monoisotopic (exact) mass is 268 g/mol. The summed E-state index contributed by atoms with van der Waals surface area (Å²) in [6.45, 7) is 1.74. The van der Waals surface area contributed by atoms with Crippen LogP contribution >= 0.6 is 0 Å². The number of nitrogens with zero attached hydrogens (tertiary/aromatic N) is 1. The molecule has 2 N–H and O–H groups in total. The number of aromatic nitrogens is 1. The van der Waals surface area contributed by atoms with E-state index in [1.165, 1.54) is 0 Å². The highest BCUT2D eigenvalue weighted by atomic mass is 16.2. The van der Waals surface area contributed by atoms with Gasteiger partial charge in [-0.1, -0.05) is 17.9 Å². The summed E-state index contributed by atoms with van der Waals surface area (Å²) in [5.41, 5.74) is 3.03. The summed E-state index contributed by atoms with van der Waals surface area (Å²) in [6.07, 6.45) is 1.82. The van der Waals surface area contributed by atoms with Gasteiger partial charge in [-0.05, 0) is 36.8 Å². The second-order valence-corrected chi connectivity index (χ2v) is 4.45. The van der Waals surface area contributed by atoms with E-state index in [4.69, 9.17) is 5.11 Å². The standard InChI is InChI=1S/C16H16N2O2/c1-12-7-8-13(5-4-10-19)11-14(12)17-16(20)15-6-3-9-18(15)2/h3,6-9,11,19H,10H2,1-2H3,(H,17,20). The van der Waals surface area contributed by atoms with Crippen LogP contribution in [-0.4, -0.2) is 22.2 Å². The summed E-state index contributed by atoms with van der Waals surface area (Å²) >= 11 is 0. The van der Waals surface area contributed by atoms with E-state index in [9.17, 15) is 4.79 Å². The highest BCUT2D eigenvalue weighted by Gasteiger charge is 2.10. The van der Waals surface area contributed by atoms with E-state index in [2.05, 4.69) is 17.2 Å². The van der Waals surface area contributed by atoms with Crippen molar-refractivity contribution in [1.29, 1.82) is 0 Å². The summed E-state index contributed by atoms with van der Waals surface area (Å²) in [5, 5.41) is 11.6. The molecule has 2 rings (SSSR count). The lowest BCUT2D eigenvalue weighted by atomic mass is 10.1. The number of aryl methyl sites for hydroxylation is 2. The van der Waals surface area contributed by atoms with E-state index in [-0.39, 0.29) is 12.5 Å². The first-order valence-corrected chi connectivity index (χ1v) is 6.25. The minimum Gasteiger partial charge on any atom is -0.384 e. The number of rotatable bonds is 2. The van der Waals surface area contributed by atoms with Crippen molar-refractivity contribution in [2.75, 3.05) is 11.9 Å². The molecule has 102 valence electrons. The summed E-state index contributed by atoms with van der Waals surface area (Å²) in [6, 6.07) is 9.14. The lowest BCUT2D eigenvalue weighted by Gasteiger charge is -2.09. The molecule has 4 nitrogen and oxygen atoms in total. The van der Waals surface area contributed by atoms with Gasteiger partial charge in [0.25, 0.3) is 5.91 Å². The maximum Gasteiger partial charge on any atom is 0.272 e. The molecule has 0 saturated carbocycles. The quantitative estimate of drug-likeness (QED) is 0.818. The van der Waals surface area contributed by atoms with E-state index in [1.807, 2.05) is 38.4 Å². The summed E-state index contributed by atoms with van der Waals surface area (Å²) in [4.78, 5) is 12.2. The zero-order chi connectivity index (χ0) is 14.5. The predicted octanol–water partition coefficient (Wildman–Crippen LogP) is 1.93. The second kappa shape index (κ2) is 6.09. The highest BCUT2D eigenvalue weighted by Crippen LogP contribution is 2.17. The molecule has 2 aromatic rings. The van der Waals surface area contributed by atoms with Crippen molar-refractivity contribution < 1.29 is 9.90 Å². The van der Waals surface area contributed by atoms with Crippen molar-refractivity contribution in [2.24, 2.45) is 7.05 Å². The fraction of sp³-hybridized carbons (Fsp3) is 0.188. The van der Waals surface area contributed by atoms with E-state index >= 15 is 0 Å². The van der Waals surface area contributed by atoms with Crippen LogP contribution in [0.1, 0.15) is 21.6 Å². The Kier molecular flexibility index (Phi) is 4.24. The smallest absolute Gasteiger partial charge is 0.272 e. The van der Waals surface area contributed by atoms with Gasteiger partial charge in [0, 0.05) is 24.5 Å². The lowest BCUT2D eigenvalue weighted by Crippen LogP contribution is -2.16. The van der Waals surface area contributed by atoms with Crippen LogP contribution in [0.15, 0.2) is 36.5 Å².